The predicted octanol–water partition coefficient (Wildman–Crippen LogP) is 3.86. The molecular weight excluding hydrogens is 344 g/mol. The molecule has 140 valence electrons. The molecule has 0 radical (unpaired) electrons. The fourth-order valence-electron chi connectivity index (χ4n) is 3.87. The van der Waals surface area contributed by atoms with Crippen molar-refractivity contribution in [2.45, 2.75) is 39.0 Å². The van der Waals surface area contributed by atoms with Gasteiger partial charge in [0.15, 0.2) is 5.72 Å². The highest BCUT2D eigenvalue weighted by atomic mass is 16.5. The summed E-state index contributed by atoms with van der Waals surface area (Å²) in [5.41, 5.74) is 3.51. The van der Waals surface area contributed by atoms with Crippen molar-refractivity contribution in [2.24, 2.45) is 0 Å². The van der Waals surface area contributed by atoms with Crippen molar-refractivity contribution in [2.75, 3.05) is 12.0 Å². The second-order valence-corrected chi connectivity index (χ2v) is 7.33. The minimum Gasteiger partial charge on any atom is -0.467 e. The van der Waals surface area contributed by atoms with Crippen molar-refractivity contribution >= 4 is 17.7 Å². The largest absolute Gasteiger partial charge is 0.467 e. The van der Waals surface area contributed by atoms with Gasteiger partial charge in [0.25, 0.3) is 0 Å². The maximum atomic E-state index is 12.9. The van der Waals surface area contributed by atoms with Gasteiger partial charge >= 0.3 is 12.0 Å². The van der Waals surface area contributed by atoms with Crippen LogP contribution in [0.3, 0.4) is 0 Å². The van der Waals surface area contributed by atoms with Crippen molar-refractivity contribution in [1.82, 2.24) is 5.32 Å². The molecule has 0 saturated carbocycles. The monoisotopic (exact) mass is 366 g/mol. The molecular formula is C21H22N2O4. The Balaban J connectivity index is 1.76. The lowest BCUT2D eigenvalue weighted by Gasteiger charge is -2.50. The Morgan fingerprint density at radius 3 is 2.70 bits per heavy atom. The molecule has 2 bridgehead atoms. The SMILES string of the molecule is COC(=O)c1ccc2c(c1)[C@@H]1C[C@@](C)(O2)N(c2ccc(C)c(C)c2)C(=O)N1. The van der Waals surface area contributed by atoms with E-state index in [1.165, 1.54) is 12.7 Å². The van der Waals surface area contributed by atoms with E-state index < -0.39 is 11.7 Å². The number of nitrogens with one attached hydrogen (secondary N) is 1. The van der Waals surface area contributed by atoms with Crippen LogP contribution in [0.25, 0.3) is 0 Å². The third-order valence-electron chi connectivity index (χ3n) is 5.44. The highest BCUT2D eigenvalue weighted by Gasteiger charge is 2.50. The number of carbonyl (C=O) groups is 2. The molecule has 27 heavy (non-hydrogen) atoms. The summed E-state index contributed by atoms with van der Waals surface area (Å²) in [5, 5.41) is 3.05. The zero-order valence-corrected chi connectivity index (χ0v) is 15.8. The molecule has 2 heterocycles. The molecule has 6 nitrogen and oxygen atoms in total. The first-order valence-corrected chi connectivity index (χ1v) is 8.91. The number of anilines is 1. The van der Waals surface area contributed by atoms with Crippen molar-refractivity contribution in [3.63, 3.8) is 0 Å². The molecule has 1 fully saturated rings. The van der Waals surface area contributed by atoms with Gasteiger partial charge in [-0.3, -0.25) is 4.90 Å². The molecule has 2 aliphatic rings. The van der Waals surface area contributed by atoms with E-state index in [1.807, 2.05) is 39.0 Å². The van der Waals surface area contributed by atoms with Gasteiger partial charge < -0.3 is 14.8 Å². The summed E-state index contributed by atoms with van der Waals surface area (Å²) in [4.78, 5) is 26.4. The van der Waals surface area contributed by atoms with Gasteiger partial charge in [0.05, 0.1) is 18.7 Å². The molecule has 0 aliphatic carbocycles. The summed E-state index contributed by atoms with van der Waals surface area (Å²) in [6.07, 6.45) is 0.573. The van der Waals surface area contributed by atoms with E-state index >= 15 is 0 Å². The maximum absolute atomic E-state index is 12.9. The van der Waals surface area contributed by atoms with Crippen molar-refractivity contribution < 1.29 is 19.1 Å². The van der Waals surface area contributed by atoms with Gasteiger partial charge in [-0.15, -0.1) is 0 Å². The minimum atomic E-state index is -0.811. The molecule has 0 unspecified atom stereocenters. The van der Waals surface area contributed by atoms with E-state index in [0.29, 0.717) is 17.7 Å². The Kier molecular flexibility index (Phi) is 3.87. The van der Waals surface area contributed by atoms with Gasteiger partial charge in [-0.05, 0) is 62.2 Å². The summed E-state index contributed by atoms with van der Waals surface area (Å²) < 4.78 is 11.1. The smallest absolute Gasteiger partial charge is 0.337 e. The van der Waals surface area contributed by atoms with Gasteiger partial charge in [0, 0.05) is 17.7 Å². The van der Waals surface area contributed by atoms with Crippen LogP contribution < -0.4 is 15.0 Å². The molecule has 4 rings (SSSR count). The number of ether oxygens (including phenoxy) is 2. The van der Waals surface area contributed by atoms with Crippen LogP contribution in [0, 0.1) is 13.8 Å². The quantitative estimate of drug-likeness (QED) is 0.820. The molecule has 2 atom stereocenters. The maximum Gasteiger partial charge on any atom is 0.337 e. The van der Waals surface area contributed by atoms with E-state index in [-0.39, 0.29) is 12.1 Å². The number of aryl methyl sites for hydroxylation is 2. The third kappa shape index (κ3) is 2.72. The molecule has 2 aromatic carbocycles. The van der Waals surface area contributed by atoms with Crippen molar-refractivity contribution in [3.05, 3.63) is 58.7 Å². The van der Waals surface area contributed by atoms with E-state index in [1.54, 1.807) is 23.1 Å². The number of carbonyl (C=O) groups excluding carboxylic acids is 2. The number of hydrogen-bond donors (Lipinski definition) is 1. The fourth-order valence-corrected chi connectivity index (χ4v) is 3.87. The van der Waals surface area contributed by atoms with Gasteiger partial charge in [-0.2, -0.15) is 0 Å². The Morgan fingerprint density at radius 2 is 2.00 bits per heavy atom. The number of esters is 1. The molecule has 1 N–H and O–H groups in total. The summed E-state index contributed by atoms with van der Waals surface area (Å²) >= 11 is 0. The number of benzene rings is 2. The Bertz CT molecular complexity index is 955. The van der Waals surface area contributed by atoms with E-state index in [4.69, 9.17) is 9.47 Å². The molecule has 2 amide bonds. The van der Waals surface area contributed by atoms with Crippen LogP contribution in [0.15, 0.2) is 36.4 Å². The van der Waals surface area contributed by atoms with Gasteiger partial charge in [-0.1, -0.05) is 6.07 Å². The Labute approximate surface area is 158 Å². The summed E-state index contributed by atoms with van der Waals surface area (Å²) in [6.45, 7) is 5.99. The number of nitrogens with zero attached hydrogens (tertiary/aromatic N) is 1. The van der Waals surface area contributed by atoms with Crippen LogP contribution >= 0.6 is 0 Å². The van der Waals surface area contributed by atoms with E-state index in [2.05, 4.69) is 5.32 Å². The first kappa shape index (κ1) is 17.4. The lowest BCUT2D eigenvalue weighted by Crippen LogP contribution is -2.65. The van der Waals surface area contributed by atoms with Crippen molar-refractivity contribution in [3.8, 4) is 5.75 Å². The Hall–Kier alpha value is -3.02. The summed E-state index contributed by atoms with van der Waals surface area (Å²) in [5.74, 6) is 0.250. The van der Waals surface area contributed by atoms with Crippen LogP contribution in [0.5, 0.6) is 5.75 Å². The predicted molar refractivity (Wildman–Crippen MR) is 101 cm³/mol. The summed E-state index contributed by atoms with van der Waals surface area (Å²) in [7, 11) is 1.35. The summed E-state index contributed by atoms with van der Waals surface area (Å²) in [6, 6.07) is 10.7. The number of rotatable bonds is 2. The van der Waals surface area contributed by atoms with Crippen LogP contribution in [0.1, 0.15) is 46.4 Å². The van der Waals surface area contributed by atoms with Gasteiger partial charge in [0.1, 0.15) is 5.75 Å². The number of fused-ring (bicyclic) bond motifs is 4. The average Bonchev–Trinajstić information content (AvgIpc) is 2.63. The highest BCUT2D eigenvalue weighted by Crippen LogP contribution is 2.46. The second-order valence-electron chi connectivity index (χ2n) is 7.33. The number of amides is 2. The van der Waals surface area contributed by atoms with E-state index in [9.17, 15) is 9.59 Å². The van der Waals surface area contributed by atoms with Gasteiger partial charge in [0.2, 0.25) is 0 Å². The Morgan fingerprint density at radius 1 is 1.22 bits per heavy atom. The number of hydrogen-bond acceptors (Lipinski definition) is 4. The van der Waals surface area contributed by atoms with Crippen LogP contribution in [-0.2, 0) is 4.74 Å². The molecule has 2 aromatic rings. The fraction of sp³-hybridized carbons (Fsp3) is 0.333. The zero-order valence-electron chi connectivity index (χ0n) is 15.8. The lowest BCUT2D eigenvalue weighted by atomic mass is 9.89. The molecule has 0 spiro atoms. The number of methoxy groups -OCH3 is 1. The third-order valence-corrected chi connectivity index (χ3v) is 5.44. The van der Waals surface area contributed by atoms with Crippen LogP contribution in [0.4, 0.5) is 10.5 Å². The lowest BCUT2D eigenvalue weighted by molar-refractivity contribution is 0.0377. The first-order chi connectivity index (χ1) is 12.8. The molecule has 1 saturated heterocycles. The van der Waals surface area contributed by atoms with E-state index in [0.717, 1.165) is 16.8 Å². The number of urea groups is 1. The first-order valence-electron chi connectivity index (χ1n) is 8.91. The minimum absolute atomic E-state index is 0.217. The molecule has 6 heteroatoms. The zero-order chi connectivity index (χ0) is 19.3. The molecule has 0 aromatic heterocycles. The normalized spacial score (nSPS) is 23.2. The van der Waals surface area contributed by atoms with Gasteiger partial charge in [-0.25, -0.2) is 9.59 Å². The van der Waals surface area contributed by atoms with Crippen LogP contribution in [-0.4, -0.2) is 24.8 Å². The van der Waals surface area contributed by atoms with Crippen LogP contribution in [0.2, 0.25) is 0 Å². The highest BCUT2D eigenvalue weighted by molar-refractivity contribution is 5.95. The molecule has 2 aliphatic heterocycles. The van der Waals surface area contributed by atoms with Crippen molar-refractivity contribution in [1.29, 1.82) is 0 Å². The second kappa shape index (κ2) is 6.01. The average molecular weight is 366 g/mol. The standard InChI is InChI=1S/C21H22N2O4/c1-12-5-7-15(9-13(12)2)23-20(25)22-17-11-21(23,3)27-18-8-6-14(10-16(17)18)19(24)26-4/h5-10,17H,11H2,1-4H3,(H,22,25)/t17-,21+/m0/s1. The topological polar surface area (TPSA) is 67.9 Å².